The highest BCUT2D eigenvalue weighted by molar-refractivity contribution is 5.94. The number of carbonyl (C=O) groups is 1. The summed E-state index contributed by atoms with van der Waals surface area (Å²) in [5.74, 6) is 0.581. The standard InChI is InChI=1S/C19H23NO3/c1-15(16-8-4-3-5-9-16)23-13-7-12-20-19(21)17-10-6-11-18(14-17)22-2/h3-6,8-11,14-15H,7,12-13H2,1-2H3,(H,20,21)/t15-/m1/s1. The van der Waals surface area contributed by atoms with E-state index in [1.54, 1.807) is 25.3 Å². The van der Waals surface area contributed by atoms with Gasteiger partial charge < -0.3 is 14.8 Å². The van der Waals surface area contributed by atoms with Crippen LogP contribution in [-0.2, 0) is 4.74 Å². The van der Waals surface area contributed by atoms with Gasteiger partial charge in [0.15, 0.2) is 0 Å². The van der Waals surface area contributed by atoms with Crippen molar-refractivity contribution in [1.82, 2.24) is 5.32 Å². The lowest BCUT2D eigenvalue weighted by Gasteiger charge is -2.13. The number of nitrogens with one attached hydrogen (secondary N) is 1. The molecule has 0 radical (unpaired) electrons. The van der Waals surface area contributed by atoms with Gasteiger partial charge in [0.2, 0.25) is 0 Å². The van der Waals surface area contributed by atoms with Crippen molar-refractivity contribution in [3.63, 3.8) is 0 Å². The lowest BCUT2D eigenvalue weighted by Crippen LogP contribution is -2.25. The lowest BCUT2D eigenvalue weighted by atomic mass is 10.1. The van der Waals surface area contributed by atoms with Crippen molar-refractivity contribution in [1.29, 1.82) is 0 Å². The average molecular weight is 313 g/mol. The summed E-state index contributed by atoms with van der Waals surface area (Å²) in [6, 6.07) is 17.2. The molecule has 2 aromatic carbocycles. The number of amides is 1. The fourth-order valence-electron chi connectivity index (χ4n) is 2.22. The van der Waals surface area contributed by atoms with Crippen LogP contribution in [-0.4, -0.2) is 26.2 Å². The second-order valence-corrected chi connectivity index (χ2v) is 5.27. The fraction of sp³-hybridized carbons (Fsp3) is 0.316. The third-order valence-corrected chi connectivity index (χ3v) is 3.58. The van der Waals surface area contributed by atoms with Gasteiger partial charge in [0.05, 0.1) is 13.2 Å². The van der Waals surface area contributed by atoms with Crippen molar-refractivity contribution in [3.05, 3.63) is 65.7 Å². The molecule has 23 heavy (non-hydrogen) atoms. The minimum absolute atomic E-state index is 0.0605. The zero-order chi connectivity index (χ0) is 16.5. The third kappa shape index (κ3) is 5.42. The Morgan fingerprint density at radius 2 is 1.91 bits per heavy atom. The molecule has 2 rings (SSSR count). The molecule has 0 heterocycles. The molecule has 0 fully saturated rings. The molecule has 0 aliphatic carbocycles. The van der Waals surface area contributed by atoms with Gasteiger partial charge in [0, 0.05) is 18.7 Å². The Hall–Kier alpha value is -2.33. The molecule has 1 amide bonds. The zero-order valence-electron chi connectivity index (χ0n) is 13.6. The summed E-state index contributed by atoms with van der Waals surface area (Å²) in [7, 11) is 1.59. The van der Waals surface area contributed by atoms with Gasteiger partial charge in [-0.3, -0.25) is 4.79 Å². The van der Waals surface area contributed by atoms with Crippen LogP contribution in [0.1, 0.15) is 35.4 Å². The van der Waals surface area contributed by atoms with Gasteiger partial charge in [0.1, 0.15) is 5.75 Å². The number of carbonyl (C=O) groups excluding carboxylic acids is 1. The van der Waals surface area contributed by atoms with Crippen LogP contribution in [0.4, 0.5) is 0 Å². The monoisotopic (exact) mass is 313 g/mol. The van der Waals surface area contributed by atoms with E-state index in [1.807, 2.05) is 31.2 Å². The molecule has 4 nitrogen and oxygen atoms in total. The number of hydrogen-bond donors (Lipinski definition) is 1. The topological polar surface area (TPSA) is 47.6 Å². The zero-order valence-corrected chi connectivity index (χ0v) is 13.6. The third-order valence-electron chi connectivity index (χ3n) is 3.58. The minimum Gasteiger partial charge on any atom is -0.497 e. The van der Waals surface area contributed by atoms with Crippen LogP contribution < -0.4 is 10.1 Å². The van der Waals surface area contributed by atoms with E-state index in [1.165, 1.54) is 0 Å². The molecule has 4 heteroatoms. The van der Waals surface area contributed by atoms with Crippen LogP contribution in [0.2, 0.25) is 0 Å². The molecule has 0 aliphatic rings. The SMILES string of the molecule is COc1cccc(C(=O)NCCCO[C@H](C)c2ccccc2)c1. The van der Waals surface area contributed by atoms with E-state index in [0.29, 0.717) is 24.5 Å². The maximum Gasteiger partial charge on any atom is 0.251 e. The Kier molecular flexibility index (Phi) is 6.63. The van der Waals surface area contributed by atoms with Crippen LogP contribution in [0.3, 0.4) is 0 Å². The van der Waals surface area contributed by atoms with Gasteiger partial charge in [-0.25, -0.2) is 0 Å². The molecular formula is C19H23NO3. The number of rotatable bonds is 8. The Labute approximate surface area is 137 Å². The summed E-state index contributed by atoms with van der Waals surface area (Å²) in [5.41, 5.74) is 1.76. The summed E-state index contributed by atoms with van der Waals surface area (Å²) in [4.78, 5) is 12.0. The highest BCUT2D eigenvalue weighted by atomic mass is 16.5. The van der Waals surface area contributed by atoms with Crippen molar-refractivity contribution in [2.45, 2.75) is 19.4 Å². The van der Waals surface area contributed by atoms with E-state index in [4.69, 9.17) is 9.47 Å². The normalized spacial score (nSPS) is 11.7. The minimum atomic E-state index is -0.0972. The summed E-state index contributed by atoms with van der Waals surface area (Å²) < 4.78 is 10.9. The first-order chi connectivity index (χ1) is 11.2. The predicted octanol–water partition coefficient (Wildman–Crippen LogP) is 3.59. The molecule has 0 aliphatic heterocycles. The summed E-state index contributed by atoms with van der Waals surface area (Å²) in [5, 5.41) is 2.89. The second kappa shape index (κ2) is 8.96. The summed E-state index contributed by atoms with van der Waals surface area (Å²) >= 11 is 0. The number of hydrogen-bond acceptors (Lipinski definition) is 3. The van der Waals surface area contributed by atoms with Crippen LogP contribution >= 0.6 is 0 Å². The summed E-state index contributed by atoms with van der Waals surface area (Å²) in [6.07, 6.45) is 0.831. The van der Waals surface area contributed by atoms with Gasteiger partial charge in [-0.2, -0.15) is 0 Å². The van der Waals surface area contributed by atoms with Crippen LogP contribution in [0.25, 0.3) is 0 Å². The van der Waals surface area contributed by atoms with E-state index in [-0.39, 0.29) is 12.0 Å². The molecule has 1 N–H and O–H groups in total. The van der Waals surface area contributed by atoms with Gasteiger partial charge in [0.25, 0.3) is 5.91 Å². The van der Waals surface area contributed by atoms with Crippen LogP contribution in [0, 0.1) is 0 Å². The second-order valence-electron chi connectivity index (χ2n) is 5.27. The molecule has 0 saturated carbocycles. The number of ether oxygens (including phenoxy) is 2. The van der Waals surface area contributed by atoms with Crippen molar-refractivity contribution >= 4 is 5.91 Å². The quantitative estimate of drug-likeness (QED) is 0.758. The molecule has 1 atom stereocenters. The highest BCUT2D eigenvalue weighted by Crippen LogP contribution is 2.16. The van der Waals surface area contributed by atoms with E-state index >= 15 is 0 Å². The number of benzene rings is 2. The van der Waals surface area contributed by atoms with Crippen molar-refractivity contribution in [3.8, 4) is 5.75 Å². The fourth-order valence-corrected chi connectivity index (χ4v) is 2.22. The predicted molar refractivity (Wildman–Crippen MR) is 90.8 cm³/mol. The first-order valence-corrected chi connectivity index (χ1v) is 7.79. The van der Waals surface area contributed by atoms with Crippen molar-refractivity contribution < 1.29 is 14.3 Å². The molecule has 0 unspecified atom stereocenters. The molecule has 2 aromatic rings. The van der Waals surface area contributed by atoms with E-state index < -0.39 is 0 Å². The van der Waals surface area contributed by atoms with Crippen LogP contribution in [0.15, 0.2) is 54.6 Å². The van der Waals surface area contributed by atoms with Crippen molar-refractivity contribution in [2.24, 2.45) is 0 Å². The highest BCUT2D eigenvalue weighted by Gasteiger charge is 2.07. The Bertz CT molecular complexity index is 613. The Balaban J connectivity index is 1.68. The summed E-state index contributed by atoms with van der Waals surface area (Å²) in [6.45, 7) is 3.22. The molecule has 122 valence electrons. The molecule has 0 aromatic heterocycles. The van der Waals surface area contributed by atoms with E-state index in [2.05, 4.69) is 17.4 Å². The lowest BCUT2D eigenvalue weighted by molar-refractivity contribution is 0.0635. The smallest absolute Gasteiger partial charge is 0.251 e. The van der Waals surface area contributed by atoms with E-state index in [0.717, 1.165) is 12.0 Å². The first-order valence-electron chi connectivity index (χ1n) is 7.79. The van der Waals surface area contributed by atoms with Gasteiger partial charge in [-0.1, -0.05) is 36.4 Å². The number of methoxy groups -OCH3 is 1. The maximum atomic E-state index is 12.0. The van der Waals surface area contributed by atoms with E-state index in [9.17, 15) is 4.79 Å². The molecule has 0 spiro atoms. The first kappa shape index (κ1) is 17.0. The van der Waals surface area contributed by atoms with Crippen molar-refractivity contribution in [2.75, 3.05) is 20.3 Å². The van der Waals surface area contributed by atoms with Gasteiger partial charge >= 0.3 is 0 Å². The van der Waals surface area contributed by atoms with Gasteiger partial charge in [-0.15, -0.1) is 0 Å². The molecule has 0 bridgehead atoms. The molecular weight excluding hydrogens is 290 g/mol. The van der Waals surface area contributed by atoms with Crippen LogP contribution in [0.5, 0.6) is 5.75 Å². The maximum absolute atomic E-state index is 12.0. The van der Waals surface area contributed by atoms with Gasteiger partial charge in [-0.05, 0) is 37.1 Å². The Morgan fingerprint density at radius 3 is 2.65 bits per heavy atom. The average Bonchev–Trinajstić information content (AvgIpc) is 2.61. The molecule has 0 saturated heterocycles. The largest absolute Gasteiger partial charge is 0.497 e. The Morgan fingerprint density at radius 1 is 1.13 bits per heavy atom.